The Morgan fingerprint density at radius 1 is 0.725 bits per heavy atom. The fourth-order valence-corrected chi connectivity index (χ4v) is 13.5. The van der Waals surface area contributed by atoms with Crippen molar-refractivity contribution in [3.63, 3.8) is 0 Å². The van der Waals surface area contributed by atoms with E-state index in [0.29, 0.717) is 17.6 Å². The van der Waals surface area contributed by atoms with Gasteiger partial charge in [-0.05, 0) is 154 Å². The van der Waals surface area contributed by atoms with Crippen LogP contribution in [-0.4, -0.2) is 41.6 Å². The second kappa shape index (κ2) is 14.1. The van der Waals surface area contributed by atoms with Gasteiger partial charge in [0.25, 0.3) is 0 Å². The highest BCUT2D eigenvalue weighted by Crippen LogP contribution is 2.60. The molecular weight excluding hydrogens is 641 g/mol. The highest BCUT2D eigenvalue weighted by Gasteiger charge is 2.51. The number of allylic oxidation sites excluding steroid dienone is 4. The lowest BCUT2D eigenvalue weighted by molar-refractivity contribution is 0.0947. The molecule has 5 aliphatic carbocycles. The Balaban J connectivity index is 0.000000179. The van der Waals surface area contributed by atoms with Crippen molar-refractivity contribution < 1.29 is 14.2 Å². The van der Waals surface area contributed by atoms with Gasteiger partial charge in [0.15, 0.2) is 0 Å². The van der Waals surface area contributed by atoms with E-state index in [4.69, 9.17) is 14.2 Å². The van der Waals surface area contributed by atoms with Crippen LogP contribution in [0.3, 0.4) is 0 Å². The molecule has 4 heteroatoms. The Hall–Kier alpha value is -2.40. The van der Waals surface area contributed by atoms with Crippen LogP contribution in [-0.2, 0) is 27.7 Å². The van der Waals surface area contributed by atoms with Gasteiger partial charge in [-0.25, -0.2) is 0 Å². The van der Waals surface area contributed by atoms with E-state index in [-0.39, 0.29) is 10.8 Å². The molecule has 2 aromatic carbocycles. The van der Waals surface area contributed by atoms with Crippen molar-refractivity contribution >= 4 is 8.07 Å². The molecule has 0 amide bonds. The lowest BCUT2D eigenvalue weighted by Gasteiger charge is -2.48. The fraction of sp³-hybridized carbons (Fsp3) is 0.617. The Kier molecular flexibility index (Phi) is 10.6. The van der Waals surface area contributed by atoms with E-state index in [1.165, 1.54) is 67.2 Å². The van der Waals surface area contributed by atoms with Gasteiger partial charge in [0, 0.05) is 19.6 Å². The molecule has 0 heterocycles. The minimum Gasteiger partial charge on any atom is -0.496 e. The molecule has 0 bridgehead atoms. The third-order valence-electron chi connectivity index (χ3n) is 14.6. The smallest absolute Gasteiger partial charge is 0.122 e. The summed E-state index contributed by atoms with van der Waals surface area (Å²) in [6.45, 7) is 24.2. The summed E-state index contributed by atoms with van der Waals surface area (Å²) in [6, 6.07) is 11.2. The van der Waals surface area contributed by atoms with Gasteiger partial charge in [-0.2, -0.15) is 0 Å². The maximum Gasteiger partial charge on any atom is 0.122 e. The van der Waals surface area contributed by atoms with Gasteiger partial charge in [-0.15, -0.1) is 0 Å². The molecule has 2 saturated carbocycles. The third kappa shape index (κ3) is 6.80. The number of aryl methyl sites for hydroxylation is 2. The van der Waals surface area contributed by atoms with Gasteiger partial charge in [-0.3, -0.25) is 0 Å². The molecule has 278 valence electrons. The average Bonchev–Trinajstić information content (AvgIpc) is 3.62. The van der Waals surface area contributed by atoms with Gasteiger partial charge in [0.1, 0.15) is 5.75 Å². The van der Waals surface area contributed by atoms with E-state index in [9.17, 15) is 0 Å². The van der Waals surface area contributed by atoms with Crippen LogP contribution in [0.1, 0.15) is 119 Å². The summed E-state index contributed by atoms with van der Waals surface area (Å²) in [4.78, 5) is 0. The van der Waals surface area contributed by atoms with Crippen LogP contribution in [0.15, 0.2) is 63.4 Å². The van der Waals surface area contributed by atoms with Crippen LogP contribution < -0.4 is 4.74 Å². The molecule has 2 aromatic rings. The molecule has 3 nitrogen and oxygen atoms in total. The minimum atomic E-state index is -1.35. The highest BCUT2D eigenvalue weighted by atomic mass is 28.3. The second-order valence-electron chi connectivity index (χ2n) is 18.7. The zero-order valence-corrected chi connectivity index (χ0v) is 35.5. The van der Waals surface area contributed by atoms with Gasteiger partial charge in [-0.1, -0.05) is 92.2 Å². The summed E-state index contributed by atoms with van der Waals surface area (Å²) in [7, 11) is 4.18. The molecule has 0 spiro atoms. The Bertz CT molecular complexity index is 1770. The average molecular weight is 709 g/mol. The molecule has 51 heavy (non-hydrogen) atoms. The molecule has 0 N–H and O–H groups in total. The number of hydrogen-bond donors (Lipinski definition) is 0. The molecule has 0 saturated heterocycles. The molecule has 5 aliphatic rings. The summed E-state index contributed by atoms with van der Waals surface area (Å²) >= 11 is 0. The number of ether oxygens (including phenoxy) is 3. The lowest BCUT2D eigenvalue weighted by atomic mass is 9.56. The first-order valence-electron chi connectivity index (χ1n) is 19.9. The van der Waals surface area contributed by atoms with Crippen molar-refractivity contribution in [1.29, 1.82) is 0 Å². The maximum atomic E-state index is 5.83. The predicted octanol–water partition coefficient (Wildman–Crippen LogP) is 12.1. The molecular formula is C47H68O3Si. The highest BCUT2D eigenvalue weighted by molar-refractivity contribution is 6.83. The SMILES string of the molecule is CO[C@H]1CC2=C3CCc4c(ccc(C)c4C)[C@]3(C)CC[C@@]2(C)C1.COc1cccc(CCC2=C3C[C@H](OC)C[C@]3(C)CC([Si](C)(C)C)=C2C)c1C. The zero-order valence-electron chi connectivity index (χ0n) is 34.5. The third-order valence-corrected chi connectivity index (χ3v) is 17.0. The first kappa shape index (κ1) is 38.3. The van der Waals surface area contributed by atoms with E-state index < -0.39 is 8.07 Å². The van der Waals surface area contributed by atoms with Crippen molar-refractivity contribution in [3.8, 4) is 5.75 Å². The van der Waals surface area contributed by atoms with E-state index in [0.717, 1.165) is 31.4 Å². The lowest BCUT2D eigenvalue weighted by Crippen LogP contribution is -2.38. The van der Waals surface area contributed by atoms with Gasteiger partial charge < -0.3 is 14.2 Å². The maximum absolute atomic E-state index is 5.83. The Morgan fingerprint density at radius 2 is 1.39 bits per heavy atom. The molecule has 0 radical (unpaired) electrons. The Morgan fingerprint density at radius 3 is 2.04 bits per heavy atom. The number of fused-ring (bicyclic) bond motifs is 5. The van der Waals surface area contributed by atoms with Gasteiger partial charge in [0.05, 0.1) is 27.4 Å². The first-order chi connectivity index (χ1) is 24.0. The van der Waals surface area contributed by atoms with Gasteiger partial charge >= 0.3 is 0 Å². The Labute approximate surface area is 312 Å². The minimum absolute atomic E-state index is 0.267. The van der Waals surface area contributed by atoms with E-state index >= 15 is 0 Å². The summed E-state index contributed by atoms with van der Waals surface area (Å²) in [5.74, 6) is 0.999. The summed E-state index contributed by atoms with van der Waals surface area (Å²) < 4.78 is 17.1. The first-order valence-corrected chi connectivity index (χ1v) is 23.4. The van der Waals surface area contributed by atoms with E-state index in [1.807, 2.05) is 14.2 Å². The van der Waals surface area contributed by atoms with Crippen LogP contribution in [0.25, 0.3) is 0 Å². The number of hydrogen-bond acceptors (Lipinski definition) is 3. The van der Waals surface area contributed by atoms with E-state index in [1.54, 1.807) is 51.3 Å². The van der Waals surface area contributed by atoms with E-state index in [2.05, 4.69) is 98.4 Å². The zero-order chi connectivity index (χ0) is 37.1. The van der Waals surface area contributed by atoms with Crippen molar-refractivity contribution in [2.75, 3.05) is 21.3 Å². The molecule has 0 unspecified atom stereocenters. The topological polar surface area (TPSA) is 27.7 Å². The molecule has 5 atom stereocenters. The molecule has 0 aliphatic heterocycles. The van der Waals surface area contributed by atoms with Crippen molar-refractivity contribution in [2.45, 2.75) is 156 Å². The van der Waals surface area contributed by atoms with Crippen molar-refractivity contribution in [3.05, 3.63) is 96.8 Å². The summed E-state index contributed by atoms with van der Waals surface area (Å²) in [6.07, 6.45) is 14.0. The predicted molar refractivity (Wildman–Crippen MR) is 218 cm³/mol. The normalized spacial score (nSPS) is 30.1. The van der Waals surface area contributed by atoms with Crippen LogP contribution in [0, 0.1) is 31.6 Å². The second-order valence-corrected chi connectivity index (χ2v) is 23.8. The van der Waals surface area contributed by atoms with Crippen molar-refractivity contribution in [1.82, 2.24) is 0 Å². The number of rotatable bonds is 7. The van der Waals surface area contributed by atoms with Crippen LogP contribution in [0.4, 0.5) is 0 Å². The standard InChI is InChI=1S/C25H38O2Si.C22H30O/c1-17-19(10-9-11-23(17)27-5)12-13-21-18(2)24(28(6,7)8)16-25(3)15-20(26-4)14-22(21)25;1-14-6-8-18-17(15(14)2)7-9-19-20-12-16(23-5)13-21(20,3)10-11-22(18,19)4/h9-11,20H,12-16H2,1-8H3;6,8,16H,7,9-13H2,1-5H3/t20-,25+;16-,21-,22-/m00/s1. The molecule has 7 rings (SSSR count). The summed E-state index contributed by atoms with van der Waals surface area (Å²) in [5.41, 5.74) is 18.3. The van der Waals surface area contributed by atoms with Crippen LogP contribution in [0.5, 0.6) is 5.75 Å². The molecule has 0 aromatic heterocycles. The molecule has 2 fully saturated rings. The number of benzene rings is 2. The quantitative estimate of drug-likeness (QED) is 0.212. The van der Waals surface area contributed by atoms with Gasteiger partial charge in [0.2, 0.25) is 0 Å². The van der Waals surface area contributed by atoms with Crippen LogP contribution >= 0.6 is 0 Å². The summed E-state index contributed by atoms with van der Waals surface area (Å²) in [5, 5.41) is 1.77. The fourth-order valence-electron chi connectivity index (χ4n) is 11.3. The number of methoxy groups -OCH3 is 3. The van der Waals surface area contributed by atoms with Crippen LogP contribution in [0.2, 0.25) is 19.6 Å². The van der Waals surface area contributed by atoms with Crippen molar-refractivity contribution in [2.24, 2.45) is 10.8 Å². The largest absolute Gasteiger partial charge is 0.496 e. The monoisotopic (exact) mass is 708 g/mol.